The summed E-state index contributed by atoms with van der Waals surface area (Å²) in [6.07, 6.45) is 0. The lowest BCUT2D eigenvalue weighted by molar-refractivity contribution is 0.165. The van der Waals surface area contributed by atoms with Crippen molar-refractivity contribution in [3.05, 3.63) is 22.4 Å². The molecule has 1 heterocycles. The Labute approximate surface area is 97.1 Å². The molecule has 0 spiro atoms. The normalized spacial score (nSPS) is 15.5. The predicted molar refractivity (Wildman–Crippen MR) is 68.1 cm³/mol. The molecule has 0 amide bonds. The third-order valence-corrected chi connectivity index (χ3v) is 3.98. The molecule has 86 valence electrons. The average molecular weight is 226 g/mol. The van der Waals surface area contributed by atoms with Crippen molar-refractivity contribution in [2.45, 2.75) is 33.4 Å². The third-order valence-electron chi connectivity index (χ3n) is 3.12. The minimum Gasteiger partial charge on any atom is -0.330 e. The number of hydrogen-bond acceptors (Lipinski definition) is 3. The second-order valence-electron chi connectivity index (χ2n) is 4.10. The van der Waals surface area contributed by atoms with Crippen LogP contribution in [0.25, 0.3) is 0 Å². The van der Waals surface area contributed by atoms with Gasteiger partial charge in [-0.15, -0.1) is 11.3 Å². The maximum Gasteiger partial charge on any atom is 0.0330 e. The molecule has 0 aromatic carbocycles. The van der Waals surface area contributed by atoms with Crippen molar-refractivity contribution in [2.24, 2.45) is 11.7 Å². The van der Waals surface area contributed by atoms with Crippen LogP contribution in [0.15, 0.2) is 17.5 Å². The summed E-state index contributed by atoms with van der Waals surface area (Å²) in [6, 6.07) is 4.87. The number of nitrogens with zero attached hydrogens (tertiary/aromatic N) is 1. The van der Waals surface area contributed by atoms with E-state index in [1.54, 1.807) is 0 Å². The maximum absolute atomic E-state index is 5.71. The highest BCUT2D eigenvalue weighted by atomic mass is 32.1. The zero-order valence-electron chi connectivity index (χ0n) is 9.94. The van der Waals surface area contributed by atoms with E-state index in [9.17, 15) is 0 Å². The second-order valence-corrected chi connectivity index (χ2v) is 5.13. The van der Waals surface area contributed by atoms with E-state index >= 15 is 0 Å². The van der Waals surface area contributed by atoms with Gasteiger partial charge < -0.3 is 5.73 Å². The summed E-state index contributed by atoms with van der Waals surface area (Å²) < 4.78 is 0. The van der Waals surface area contributed by atoms with Gasteiger partial charge in [0.25, 0.3) is 0 Å². The van der Waals surface area contributed by atoms with E-state index in [4.69, 9.17) is 5.73 Å². The number of nitrogens with two attached hydrogens (primary N) is 1. The van der Waals surface area contributed by atoms with Gasteiger partial charge in [0.1, 0.15) is 0 Å². The number of rotatable bonds is 6. The molecule has 1 aromatic heterocycles. The Kier molecular flexibility index (Phi) is 5.29. The molecule has 1 rings (SSSR count). The predicted octanol–water partition coefficient (Wildman–Crippen LogP) is 2.55. The van der Waals surface area contributed by atoms with E-state index in [0.717, 1.165) is 19.6 Å². The monoisotopic (exact) mass is 226 g/mol. The molecule has 3 heteroatoms. The third kappa shape index (κ3) is 3.59. The van der Waals surface area contributed by atoms with Crippen LogP contribution in [0.3, 0.4) is 0 Å². The van der Waals surface area contributed by atoms with Crippen LogP contribution in [0.5, 0.6) is 0 Å². The lowest BCUT2D eigenvalue weighted by Gasteiger charge is -2.31. The van der Waals surface area contributed by atoms with Crippen molar-refractivity contribution in [3.8, 4) is 0 Å². The van der Waals surface area contributed by atoms with E-state index in [-0.39, 0.29) is 0 Å². The van der Waals surface area contributed by atoms with Crippen molar-refractivity contribution < 1.29 is 0 Å². The van der Waals surface area contributed by atoms with Crippen LogP contribution in [0.1, 0.15) is 25.6 Å². The van der Waals surface area contributed by atoms with Crippen LogP contribution in [-0.4, -0.2) is 24.0 Å². The molecule has 15 heavy (non-hydrogen) atoms. The van der Waals surface area contributed by atoms with Crippen molar-refractivity contribution in [2.75, 3.05) is 13.1 Å². The molecule has 0 aliphatic carbocycles. The fraction of sp³-hybridized carbons (Fsp3) is 0.667. The van der Waals surface area contributed by atoms with E-state index < -0.39 is 0 Å². The van der Waals surface area contributed by atoms with Crippen molar-refractivity contribution >= 4 is 11.3 Å². The van der Waals surface area contributed by atoms with Gasteiger partial charge in [-0.05, 0) is 37.4 Å². The first-order valence-electron chi connectivity index (χ1n) is 5.65. The zero-order chi connectivity index (χ0) is 11.3. The number of hydrogen-bond donors (Lipinski definition) is 1. The van der Waals surface area contributed by atoms with Gasteiger partial charge in [-0.2, -0.15) is 0 Å². The van der Waals surface area contributed by atoms with Crippen LogP contribution in [-0.2, 0) is 6.54 Å². The summed E-state index contributed by atoms with van der Waals surface area (Å²) in [5.41, 5.74) is 5.71. The van der Waals surface area contributed by atoms with E-state index in [1.807, 2.05) is 11.3 Å². The summed E-state index contributed by atoms with van der Waals surface area (Å²) in [5.74, 6) is 0.560. The summed E-state index contributed by atoms with van der Waals surface area (Å²) in [5, 5.41) is 2.14. The Balaban J connectivity index is 2.55. The van der Waals surface area contributed by atoms with Gasteiger partial charge in [-0.1, -0.05) is 19.9 Å². The first-order valence-corrected chi connectivity index (χ1v) is 6.53. The molecule has 0 fully saturated rings. The van der Waals surface area contributed by atoms with Crippen LogP contribution in [0.4, 0.5) is 0 Å². The zero-order valence-corrected chi connectivity index (χ0v) is 10.8. The molecule has 2 unspecified atom stereocenters. The van der Waals surface area contributed by atoms with Crippen molar-refractivity contribution in [3.63, 3.8) is 0 Å². The minimum absolute atomic E-state index is 0.557. The Morgan fingerprint density at radius 3 is 2.67 bits per heavy atom. The van der Waals surface area contributed by atoms with E-state index in [1.165, 1.54) is 4.88 Å². The van der Waals surface area contributed by atoms with Gasteiger partial charge in [0.15, 0.2) is 0 Å². The summed E-state index contributed by atoms with van der Waals surface area (Å²) in [4.78, 5) is 3.93. The molecule has 0 aliphatic heterocycles. The van der Waals surface area contributed by atoms with Gasteiger partial charge in [0, 0.05) is 17.5 Å². The van der Waals surface area contributed by atoms with Crippen LogP contribution < -0.4 is 5.73 Å². The molecule has 2 nitrogen and oxygen atoms in total. The smallest absolute Gasteiger partial charge is 0.0330 e. The van der Waals surface area contributed by atoms with E-state index in [0.29, 0.717) is 12.0 Å². The molecular formula is C12H22N2S. The number of thiophene rings is 1. The highest BCUT2D eigenvalue weighted by Crippen LogP contribution is 2.16. The van der Waals surface area contributed by atoms with Gasteiger partial charge in [0.05, 0.1) is 0 Å². The fourth-order valence-electron chi connectivity index (χ4n) is 1.70. The first-order chi connectivity index (χ1) is 7.19. The van der Waals surface area contributed by atoms with Crippen molar-refractivity contribution in [1.29, 1.82) is 0 Å². The lowest BCUT2D eigenvalue weighted by Crippen LogP contribution is -2.39. The van der Waals surface area contributed by atoms with Crippen LogP contribution >= 0.6 is 11.3 Å². The Morgan fingerprint density at radius 1 is 1.47 bits per heavy atom. The molecular weight excluding hydrogens is 204 g/mol. The summed E-state index contributed by atoms with van der Waals surface area (Å²) >= 11 is 1.83. The minimum atomic E-state index is 0.557. The summed E-state index contributed by atoms with van der Waals surface area (Å²) in [6.45, 7) is 9.62. The standard InChI is InChI=1S/C12H22N2S/c1-4-14(11(3)10(2)8-13)9-12-6-5-7-15-12/h5-7,10-11H,4,8-9,13H2,1-3H3. The Bertz CT molecular complexity index is 259. The molecule has 0 saturated carbocycles. The second kappa shape index (κ2) is 6.26. The highest BCUT2D eigenvalue weighted by molar-refractivity contribution is 7.09. The molecule has 0 bridgehead atoms. The first kappa shape index (κ1) is 12.7. The van der Waals surface area contributed by atoms with Crippen molar-refractivity contribution in [1.82, 2.24) is 4.90 Å². The molecule has 2 atom stereocenters. The fourth-order valence-corrected chi connectivity index (χ4v) is 2.43. The molecule has 0 saturated heterocycles. The Morgan fingerprint density at radius 2 is 2.20 bits per heavy atom. The summed E-state index contributed by atoms with van der Waals surface area (Å²) in [7, 11) is 0. The van der Waals surface area contributed by atoms with Gasteiger partial charge in [0.2, 0.25) is 0 Å². The lowest BCUT2D eigenvalue weighted by atomic mass is 10.0. The van der Waals surface area contributed by atoms with E-state index in [2.05, 4.69) is 43.2 Å². The average Bonchev–Trinajstić information content (AvgIpc) is 2.76. The maximum atomic E-state index is 5.71. The topological polar surface area (TPSA) is 29.3 Å². The SMILES string of the molecule is CCN(Cc1cccs1)C(C)C(C)CN. The van der Waals surface area contributed by atoms with Gasteiger partial charge in [-0.3, -0.25) is 4.90 Å². The molecule has 2 N–H and O–H groups in total. The largest absolute Gasteiger partial charge is 0.330 e. The van der Waals surface area contributed by atoms with Gasteiger partial charge >= 0.3 is 0 Å². The quantitative estimate of drug-likeness (QED) is 0.808. The highest BCUT2D eigenvalue weighted by Gasteiger charge is 2.17. The van der Waals surface area contributed by atoms with Crippen LogP contribution in [0.2, 0.25) is 0 Å². The molecule has 1 aromatic rings. The molecule has 0 aliphatic rings. The van der Waals surface area contributed by atoms with Crippen LogP contribution in [0, 0.1) is 5.92 Å². The molecule has 0 radical (unpaired) electrons. The van der Waals surface area contributed by atoms with Gasteiger partial charge in [-0.25, -0.2) is 0 Å². The Hall–Kier alpha value is -0.380.